The Morgan fingerprint density at radius 1 is 1.26 bits per heavy atom. The minimum absolute atomic E-state index is 0.130. The summed E-state index contributed by atoms with van der Waals surface area (Å²) in [5.74, 6) is 0.845. The van der Waals surface area contributed by atoms with Crippen LogP contribution in [0.2, 0.25) is 0 Å². The average molecular weight is 375 g/mol. The van der Waals surface area contributed by atoms with E-state index in [1.54, 1.807) is 12.1 Å². The molecular formula is C23H34O4. The van der Waals surface area contributed by atoms with Crippen molar-refractivity contribution in [1.82, 2.24) is 0 Å². The predicted octanol–water partition coefficient (Wildman–Crippen LogP) is 5.10. The third-order valence-corrected chi connectivity index (χ3v) is 5.08. The number of carbonyl (C=O) groups is 1. The highest BCUT2D eigenvalue weighted by atomic mass is 16.5. The van der Waals surface area contributed by atoms with Gasteiger partial charge in [-0.25, -0.2) is 0 Å². The Hall–Kier alpha value is -1.81. The van der Waals surface area contributed by atoms with E-state index in [-0.39, 0.29) is 23.7 Å². The van der Waals surface area contributed by atoms with Gasteiger partial charge in [0.05, 0.1) is 12.2 Å². The van der Waals surface area contributed by atoms with E-state index in [2.05, 4.69) is 0 Å². The van der Waals surface area contributed by atoms with Gasteiger partial charge in [0.1, 0.15) is 0 Å². The third kappa shape index (κ3) is 8.61. The van der Waals surface area contributed by atoms with Crippen molar-refractivity contribution in [2.24, 2.45) is 0 Å². The van der Waals surface area contributed by atoms with Gasteiger partial charge in [0.25, 0.3) is 0 Å². The fraction of sp³-hybridized carbons (Fsp3) is 0.609. The van der Waals surface area contributed by atoms with E-state index in [1.807, 2.05) is 25.1 Å². The maximum absolute atomic E-state index is 12.0. The second kappa shape index (κ2) is 11.8. The van der Waals surface area contributed by atoms with Gasteiger partial charge in [-0.05, 0) is 82.1 Å². The number of unbranched alkanes of at least 4 members (excludes halogenated alkanes) is 3. The summed E-state index contributed by atoms with van der Waals surface area (Å²) in [5.41, 5.74) is 1.01. The zero-order valence-corrected chi connectivity index (χ0v) is 16.5. The van der Waals surface area contributed by atoms with Crippen LogP contribution in [0.5, 0.6) is 11.5 Å². The summed E-state index contributed by atoms with van der Waals surface area (Å²) >= 11 is 0. The number of rotatable bonds is 12. The summed E-state index contributed by atoms with van der Waals surface area (Å²) in [5, 5.41) is 19.2. The zero-order valence-electron chi connectivity index (χ0n) is 16.5. The molecule has 4 heteroatoms. The van der Waals surface area contributed by atoms with Crippen molar-refractivity contribution >= 4 is 5.78 Å². The molecule has 1 aliphatic carbocycles. The standard InChI is InChI=1S/C23H34O4/c1-18(24)9-5-3-2-4-6-10-20(25)15-13-19-14-16-22(26)23(17-19)27-21-11-7-8-12-21/h6,10,14,16-18,21,24,26H,2-5,7-9,11-13,15H2,1H3/b10-6+/t18-/m0/s1. The fourth-order valence-electron chi connectivity index (χ4n) is 3.44. The van der Waals surface area contributed by atoms with Crippen LogP contribution in [0.15, 0.2) is 30.4 Å². The first-order valence-electron chi connectivity index (χ1n) is 10.4. The normalized spacial score (nSPS) is 16.1. The van der Waals surface area contributed by atoms with Gasteiger partial charge in [-0.15, -0.1) is 0 Å². The maximum atomic E-state index is 12.0. The van der Waals surface area contributed by atoms with E-state index in [9.17, 15) is 15.0 Å². The number of allylic oxidation sites excluding steroid dienone is 2. The summed E-state index contributed by atoms with van der Waals surface area (Å²) in [7, 11) is 0. The molecule has 0 heterocycles. The number of phenolic OH excluding ortho intramolecular Hbond substituents is 1. The molecule has 27 heavy (non-hydrogen) atoms. The van der Waals surface area contributed by atoms with Crippen LogP contribution < -0.4 is 4.74 Å². The first-order valence-corrected chi connectivity index (χ1v) is 10.4. The molecular weight excluding hydrogens is 340 g/mol. The summed E-state index contributed by atoms with van der Waals surface area (Å²) in [6, 6.07) is 5.38. The molecule has 150 valence electrons. The molecule has 4 nitrogen and oxygen atoms in total. The Labute approximate surface area is 163 Å². The molecule has 1 aromatic rings. The number of benzene rings is 1. The number of hydrogen-bond acceptors (Lipinski definition) is 4. The van der Waals surface area contributed by atoms with Crippen molar-refractivity contribution in [3.63, 3.8) is 0 Å². The quantitative estimate of drug-likeness (QED) is 0.394. The highest BCUT2D eigenvalue weighted by molar-refractivity contribution is 5.89. The molecule has 0 aliphatic heterocycles. The molecule has 1 aliphatic rings. The first kappa shape index (κ1) is 21.5. The van der Waals surface area contributed by atoms with Crippen molar-refractivity contribution in [1.29, 1.82) is 0 Å². The molecule has 1 saturated carbocycles. The number of aliphatic hydroxyl groups is 1. The van der Waals surface area contributed by atoms with Crippen LogP contribution in [-0.4, -0.2) is 28.2 Å². The number of hydrogen-bond donors (Lipinski definition) is 2. The van der Waals surface area contributed by atoms with Crippen LogP contribution in [0, 0.1) is 0 Å². The summed E-state index contributed by atoms with van der Waals surface area (Å²) in [4.78, 5) is 12.0. The van der Waals surface area contributed by atoms with Crippen molar-refractivity contribution in [2.75, 3.05) is 0 Å². The lowest BCUT2D eigenvalue weighted by Crippen LogP contribution is -2.11. The molecule has 1 fully saturated rings. The molecule has 0 spiro atoms. The van der Waals surface area contributed by atoms with Gasteiger partial charge >= 0.3 is 0 Å². The molecule has 1 atom stereocenters. The lowest BCUT2D eigenvalue weighted by atomic mass is 10.1. The minimum Gasteiger partial charge on any atom is -0.504 e. The number of ether oxygens (including phenoxy) is 1. The highest BCUT2D eigenvalue weighted by Crippen LogP contribution is 2.31. The Morgan fingerprint density at radius 2 is 2.04 bits per heavy atom. The molecule has 1 aromatic carbocycles. The molecule has 2 N–H and O–H groups in total. The monoisotopic (exact) mass is 374 g/mol. The van der Waals surface area contributed by atoms with E-state index < -0.39 is 0 Å². The zero-order chi connectivity index (χ0) is 19.5. The number of ketones is 1. The number of carbonyl (C=O) groups excluding carboxylic acids is 1. The Kier molecular flexibility index (Phi) is 9.40. The topological polar surface area (TPSA) is 66.8 Å². The molecule has 0 unspecified atom stereocenters. The Bertz CT molecular complexity index is 600. The van der Waals surface area contributed by atoms with Gasteiger partial charge in [0.2, 0.25) is 0 Å². The predicted molar refractivity (Wildman–Crippen MR) is 108 cm³/mol. The summed E-state index contributed by atoms with van der Waals surface area (Å²) in [6.45, 7) is 1.82. The van der Waals surface area contributed by atoms with E-state index in [1.165, 1.54) is 12.8 Å². The molecule has 2 rings (SSSR count). The molecule has 0 bridgehead atoms. The van der Waals surface area contributed by atoms with Crippen molar-refractivity contribution in [2.45, 2.75) is 89.8 Å². The SMILES string of the molecule is C[C@H](O)CCCCC/C=C/C(=O)CCc1ccc(O)c(OC2CCCC2)c1. The second-order valence-electron chi connectivity index (χ2n) is 7.68. The highest BCUT2D eigenvalue weighted by Gasteiger charge is 2.18. The van der Waals surface area contributed by atoms with Crippen LogP contribution in [0.1, 0.15) is 76.7 Å². The van der Waals surface area contributed by atoms with Gasteiger partial charge in [-0.2, -0.15) is 0 Å². The minimum atomic E-state index is -0.217. The van der Waals surface area contributed by atoms with Crippen LogP contribution in [0.4, 0.5) is 0 Å². The second-order valence-corrected chi connectivity index (χ2v) is 7.68. The lowest BCUT2D eigenvalue weighted by molar-refractivity contribution is -0.114. The van der Waals surface area contributed by atoms with Gasteiger partial charge in [-0.3, -0.25) is 4.79 Å². The van der Waals surface area contributed by atoms with Gasteiger partial charge < -0.3 is 14.9 Å². The van der Waals surface area contributed by atoms with E-state index in [0.717, 1.165) is 50.5 Å². The van der Waals surface area contributed by atoms with Crippen molar-refractivity contribution < 1.29 is 19.7 Å². The van der Waals surface area contributed by atoms with E-state index in [4.69, 9.17) is 4.74 Å². The lowest BCUT2D eigenvalue weighted by Gasteiger charge is -2.15. The number of aryl methyl sites for hydroxylation is 1. The number of aromatic hydroxyl groups is 1. The molecule has 0 amide bonds. The van der Waals surface area contributed by atoms with Crippen LogP contribution in [0.3, 0.4) is 0 Å². The van der Waals surface area contributed by atoms with Gasteiger partial charge in [0.15, 0.2) is 17.3 Å². The van der Waals surface area contributed by atoms with Crippen molar-refractivity contribution in [3.05, 3.63) is 35.9 Å². The number of phenols is 1. The largest absolute Gasteiger partial charge is 0.504 e. The van der Waals surface area contributed by atoms with E-state index in [0.29, 0.717) is 18.6 Å². The van der Waals surface area contributed by atoms with Crippen LogP contribution >= 0.6 is 0 Å². The third-order valence-electron chi connectivity index (χ3n) is 5.08. The van der Waals surface area contributed by atoms with Gasteiger partial charge in [0, 0.05) is 6.42 Å². The molecule has 0 radical (unpaired) electrons. The Balaban J connectivity index is 1.69. The van der Waals surface area contributed by atoms with Gasteiger partial charge in [-0.1, -0.05) is 25.0 Å². The van der Waals surface area contributed by atoms with Crippen LogP contribution in [-0.2, 0) is 11.2 Å². The van der Waals surface area contributed by atoms with E-state index >= 15 is 0 Å². The smallest absolute Gasteiger partial charge is 0.161 e. The maximum Gasteiger partial charge on any atom is 0.161 e. The molecule has 0 aromatic heterocycles. The summed E-state index contributed by atoms with van der Waals surface area (Å²) in [6.07, 6.45) is 14.1. The van der Waals surface area contributed by atoms with Crippen LogP contribution in [0.25, 0.3) is 0 Å². The summed E-state index contributed by atoms with van der Waals surface area (Å²) < 4.78 is 5.92. The first-order chi connectivity index (χ1) is 13.0. The fourth-order valence-corrected chi connectivity index (χ4v) is 3.44. The average Bonchev–Trinajstić information content (AvgIpc) is 3.14. The van der Waals surface area contributed by atoms with Crippen molar-refractivity contribution in [3.8, 4) is 11.5 Å². The molecule has 0 saturated heterocycles. The Morgan fingerprint density at radius 3 is 2.78 bits per heavy atom. The number of aliphatic hydroxyl groups excluding tert-OH is 1.